The standard InChI is InChI=1S/C13H21N3O/c1-10(2)16(4)13(17)9-15-11(3)12-6-5-7-14-8-12/h5-8,10-11,15H,9H2,1-4H3/t11-/m0/s1. The van der Waals surface area contributed by atoms with Crippen LogP contribution in [0.25, 0.3) is 0 Å². The van der Waals surface area contributed by atoms with E-state index in [0.29, 0.717) is 6.54 Å². The average Bonchev–Trinajstić information content (AvgIpc) is 2.35. The number of nitrogens with zero attached hydrogens (tertiary/aromatic N) is 2. The minimum Gasteiger partial charge on any atom is -0.342 e. The van der Waals surface area contributed by atoms with Gasteiger partial charge in [-0.1, -0.05) is 6.07 Å². The van der Waals surface area contributed by atoms with Gasteiger partial charge >= 0.3 is 0 Å². The number of likely N-dealkylation sites (N-methyl/N-ethyl adjacent to an activating group) is 1. The van der Waals surface area contributed by atoms with E-state index in [1.54, 1.807) is 11.1 Å². The fourth-order valence-electron chi connectivity index (χ4n) is 1.40. The summed E-state index contributed by atoms with van der Waals surface area (Å²) in [5.74, 6) is 0.107. The van der Waals surface area contributed by atoms with Gasteiger partial charge in [0.2, 0.25) is 5.91 Å². The smallest absolute Gasteiger partial charge is 0.236 e. The predicted octanol–water partition coefficient (Wildman–Crippen LogP) is 1.60. The van der Waals surface area contributed by atoms with E-state index < -0.39 is 0 Å². The van der Waals surface area contributed by atoms with Crippen molar-refractivity contribution in [1.82, 2.24) is 15.2 Å². The largest absolute Gasteiger partial charge is 0.342 e. The van der Waals surface area contributed by atoms with Gasteiger partial charge in [0.1, 0.15) is 0 Å². The summed E-state index contributed by atoms with van der Waals surface area (Å²) >= 11 is 0. The Bertz CT molecular complexity index is 351. The van der Waals surface area contributed by atoms with Crippen molar-refractivity contribution in [1.29, 1.82) is 0 Å². The zero-order valence-electron chi connectivity index (χ0n) is 11.0. The Morgan fingerprint density at radius 3 is 2.71 bits per heavy atom. The second kappa shape index (κ2) is 6.35. The molecule has 0 aliphatic rings. The van der Waals surface area contributed by atoms with Crippen LogP contribution in [0, 0.1) is 0 Å². The van der Waals surface area contributed by atoms with E-state index in [1.165, 1.54) is 0 Å². The Labute approximate surface area is 103 Å². The summed E-state index contributed by atoms with van der Waals surface area (Å²) in [5, 5.41) is 3.20. The molecule has 1 rings (SSSR count). The lowest BCUT2D eigenvalue weighted by molar-refractivity contribution is -0.130. The molecule has 0 bridgehead atoms. The third-order valence-corrected chi connectivity index (χ3v) is 2.91. The van der Waals surface area contributed by atoms with Gasteiger partial charge in [0, 0.05) is 31.5 Å². The van der Waals surface area contributed by atoms with Gasteiger partial charge in [-0.2, -0.15) is 0 Å². The molecule has 1 aromatic heterocycles. The molecule has 1 atom stereocenters. The van der Waals surface area contributed by atoms with E-state index in [2.05, 4.69) is 10.3 Å². The molecule has 0 aliphatic heterocycles. The Balaban J connectivity index is 2.44. The number of carbonyl (C=O) groups is 1. The number of amides is 1. The van der Waals surface area contributed by atoms with Gasteiger partial charge in [0.25, 0.3) is 0 Å². The van der Waals surface area contributed by atoms with Gasteiger partial charge in [-0.05, 0) is 32.4 Å². The summed E-state index contributed by atoms with van der Waals surface area (Å²) in [4.78, 5) is 17.6. The van der Waals surface area contributed by atoms with Crippen LogP contribution in [0.5, 0.6) is 0 Å². The van der Waals surface area contributed by atoms with Gasteiger partial charge in [0.15, 0.2) is 0 Å². The normalized spacial score (nSPS) is 12.5. The highest BCUT2D eigenvalue weighted by Gasteiger charge is 2.13. The molecule has 4 heteroatoms. The molecule has 0 radical (unpaired) electrons. The molecule has 1 amide bonds. The van der Waals surface area contributed by atoms with Crippen LogP contribution in [0.3, 0.4) is 0 Å². The van der Waals surface area contributed by atoms with Crippen molar-refractivity contribution >= 4 is 5.91 Å². The molecule has 0 unspecified atom stereocenters. The summed E-state index contributed by atoms with van der Waals surface area (Å²) in [7, 11) is 1.82. The van der Waals surface area contributed by atoms with Crippen LogP contribution >= 0.6 is 0 Å². The monoisotopic (exact) mass is 235 g/mol. The summed E-state index contributed by atoms with van der Waals surface area (Å²) in [5.41, 5.74) is 1.09. The van der Waals surface area contributed by atoms with Gasteiger partial charge in [-0.25, -0.2) is 0 Å². The first-order valence-corrected chi connectivity index (χ1v) is 5.91. The minimum atomic E-state index is 0.107. The highest BCUT2D eigenvalue weighted by atomic mass is 16.2. The van der Waals surface area contributed by atoms with Crippen molar-refractivity contribution in [3.8, 4) is 0 Å². The molecule has 0 saturated carbocycles. The number of carbonyl (C=O) groups excluding carboxylic acids is 1. The minimum absolute atomic E-state index is 0.107. The number of pyridine rings is 1. The summed E-state index contributed by atoms with van der Waals surface area (Å²) in [6.07, 6.45) is 3.56. The Hall–Kier alpha value is -1.42. The first-order valence-electron chi connectivity index (χ1n) is 5.91. The number of hydrogen-bond donors (Lipinski definition) is 1. The van der Waals surface area contributed by atoms with Crippen molar-refractivity contribution in [2.75, 3.05) is 13.6 Å². The predicted molar refractivity (Wildman–Crippen MR) is 68.6 cm³/mol. The molecule has 0 aliphatic carbocycles. The second-order valence-corrected chi connectivity index (χ2v) is 4.49. The molecule has 0 aromatic carbocycles. The molecule has 1 N–H and O–H groups in total. The van der Waals surface area contributed by atoms with Crippen LogP contribution < -0.4 is 5.32 Å². The van der Waals surface area contributed by atoms with Crippen molar-refractivity contribution < 1.29 is 4.79 Å². The van der Waals surface area contributed by atoms with Crippen molar-refractivity contribution in [3.05, 3.63) is 30.1 Å². The van der Waals surface area contributed by atoms with E-state index in [-0.39, 0.29) is 18.0 Å². The molecule has 17 heavy (non-hydrogen) atoms. The fourth-order valence-corrected chi connectivity index (χ4v) is 1.40. The third kappa shape index (κ3) is 4.15. The molecular weight excluding hydrogens is 214 g/mol. The molecule has 0 fully saturated rings. The average molecular weight is 235 g/mol. The maximum atomic E-state index is 11.8. The van der Waals surface area contributed by atoms with Gasteiger partial charge in [-0.3, -0.25) is 9.78 Å². The number of rotatable bonds is 5. The summed E-state index contributed by atoms with van der Waals surface area (Å²) in [6.45, 7) is 6.38. The van der Waals surface area contributed by atoms with Crippen molar-refractivity contribution in [3.63, 3.8) is 0 Å². The van der Waals surface area contributed by atoms with Crippen LogP contribution in [0.15, 0.2) is 24.5 Å². The van der Waals surface area contributed by atoms with Crippen molar-refractivity contribution in [2.45, 2.75) is 32.9 Å². The van der Waals surface area contributed by atoms with Gasteiger partial charge in [0.05, 0.1) is 6.54 Å². The molecule has 94 valence electrons. The van der Waals surface area contributed by atoms with Crippen LogP contribution in [0.4, 0.5) is 0 Å². The maximum absolute atomic E-state index is 11.8. The van der Waals surface area contributed by atoms with E-state index in [4.69, 9.17) is 0 Å². The molecule has 0 saturated heterocycles. The maximum Gasteiger partial charge on any atom is 0.236 e. The van der Waals surface area contributed by atoms with Crippen LogP contribution in [-0.4, -0.2) is 35.4 Å². The van der Waals surface area contributed by atoms with E-state index >= 15 is 0 Å². The van der Waals surface area contributed by atoms with E-state index in [9.17, 15) is 4.79 Å². The number of hydrogen-bond acceptors (Lipinski definition) is 3. The summed E-state index contributed by atoms with van der Waals surface area (Å²) in [6, 6.07) is 4.27. The van der Waals surface area contributed by atoms with Gasteiger partial charge in [-0.15, -0.1) is 0 Å². The van der Waals surface area contributed by atoms with E-state index in [0.717, 1.165) is 5.56 Å². The fraction of sp³-hybridized carbons (Fsp3) is 0.538. The van der Waals surface area contributed by atoms with E-state index in [1.807, 2.05) is 46.1 Å². The molecule has 1 aromatic rings. The first-order chi connectivity index (χ1) is 8.02. The third-order valence-electron chi connectivity index (χ3n) is 2.91. The number of nitrogens with one attached hydrogen (secondary N) is 1. The lowest BCUT2D eigenvalue weighted by Gasteiger charge is -2.23. The first kappa shape index (κ1) is 13.6. The molecule has 4 nitrogen and oxygen atoms in total. The quantitative estimate of drug-likeness (QED) is 0.843. The topological polar surface area (TPSA) is 45.2 Å². The molecular formula is C13H21N3O. The lowest BCUT2D eigenvalue weighted by Crippen LogP contribution is -2.40. The van der Waals surface area contributed by atoms with Crippen LogP contribution in [-0.2, 0) is 4.79 Å². The second-order valence-electron chi connectivity index (χ2n) is 4.49. The van der Waals surface area contributed by atoms with Crippen LogP contribution in [0.2, 0.25) is 0 Å². The lowest BCUT2D eigenvalue weighted by atomic mass is 10.1. The number of aromatic nitrogens is 1. The highest BCUT2D eigenvalue weighted by Crippen LogP contribution is 2.09. The van der Waals surface area contributed by atoms with Crippen molar-refractivity contribution in [2.24, 2.45) is 0 Å². The zero-order chi connectivity index (χ0) is 12.8. The highest BCUT2D eigenvalue weighted by molar-refractivity contribution is 5.78. The summed E-state index contributed by atoms with van der Waals surface area (Å²) < 4.78 is 0. The Kier molecular flexibility index (Phi) is 5.10. The zero-order valence-corrected chi connectivity index (χ0v) is 11.0. The SMILES string of the molecule is CC(C)N(C)C(=O)CN[C@@H](C)c1cccnc1. The van der Waals surface area contributed by atoms with Crippen LogP contribution in [0.1, 0.15) is 32.4 Å². The molecule has 1 heterocycles. The Morgan fingerprint density at radius 1 is 1.47 bits per heavy atom. The van der Waals surface area contributed by atoms with Gasteiger partial charge < -0.3 is 10.2 Å². The Morgan fingerprint density at radius 2 is 2.18 bits per heavy atom. The molecule has 0 spiro atoms.